The van der Waals surface area contributed by atoms with Crippen LogP contribution in [-0.4, -0.2) is 24.8 Å². The van der Waals surface area contributed by atoms with Gasteiger partial charge in [0.15, 0.2) is 0 Å². The molecule has 6 heteroatoms. The van der Waals surface area contributed by atoms with Gasteiger partial charge >= 0.3 is 6.09 Å². The van der Waals surface area contributed by atoms with Crippen molar-refractivity contribution in [2.24, 2.45) is 17.2 Å². The fourth-order valence-corrected chi connectivity index (χ4v) is 2.25. The van der Waals surface area contributed by atoms with Gasteiger partial charge in [0.25, 0.3) is 0 Å². The molecule has 0 fully saturated rings. The molecule has 1 amide bonds. The van der Waals surface area contributed by atoms with Crippen LogP contribution in [0.2, 0.25) is 0 Å². The number of ether oxygens (including phenoxy) is 1. The van der Waals surface area contributed by atoms with Crippen LogP contribution in [0.4, 0.5) is 4.79 Å². The maximum absolute atomic E-state index is 11.6. The summed E-state index contributed by atoms with van der Waals surface area (Å²) in [4.78, 5) is 11.6. The van der Waals surface area contributed by atoms with E-state index in [4.69, 9.17) is 21.9 Å². The van der Waals surface area contributed by atoms with Gasteiger partial charge in [-0.3, -0.25) is 0 Å². The van der Waals surface area contributed by atoms with E-state index in [1.807, 2.05) is 81.4 Å². The van der Waals surface area contributed by atoms with Crippen molar-refractivity contribution in [2.45, 2.75) is 38.5 Å². The maximum Gasteiger partial charge on any atom is 0.408 e. The molecule has 2 rings (SSSR count). The van der Waals surface area contributed by atoms with Gasteiger partial charge in [0.2, 0.25) is 0 Å². The summed E-state index contributed by atoms with van der Waals surface area (Å²) >= 11 is 0. The van der Waals surface area contributed by atoms with Gasteiger partial charge in [-0.05, 0) is 31.9 Å². The van der Waals surface area contributed by atoms with Crippen LogP contribution in [0, 0.1) is 0 Å². The van der Waals surface area contributed by atoms with Gasteiger partial charge in [-0.2, -0.15) is 0 Å². The molecule has 0 aliphatic rings. The highest BCUT2D eigenvalue weighted by atomic mass is 16.6. The summed E-state index contributed by atoms with van der Waals surface area (Å²) in [5.74, 6) is 0. The molecule has 0 spiro atoms. The van der Waals surface area contributed by atoms with Crippen LogP contribution in [0.15, 0.2) is 60.7 Å². The number of benzene rings is 2. The topological polar surface area (TPSA) is 116 Å². The van der Waals surface area contributed by atoms with Crippen LogP contribution in [-0.2, 0) is 4.74 Å². The van der Waals surface area contributed by atoms with Crippen LogP contribution in [0.25, 0.3) is 0 Å². The molecule has 0 aliphatic carbocycles. The quantitative estimate of drug-likeness (QED) is 0.644. The number of nitrogens with two attached hydrogens (primary N) is 3. The third kappa shape index (κ3) is 9.19. The zero-order valence-corrected chi connectivity index (χ0v) is 16.4. The van der Waals surface area contributed by atoms with E-state index in [0.717, 1.165) is 11.1 Å². The number of carbonyl (C=O) groups is 1. The summed E-state index contributed by atoms with van der Waals surface area (Å²) in [5, 5.41) is 2.75. The molecule has 6 nitrogen and oxygen atoms in total. The van der Waals surface area contributed by atoms with Crippen molar-refractivity contribution in [3.63, 3.8) is 0 Å². The van der Waals surface area contributed by atoms with E-state index in [1.54, 1.807) is 0 Å². The molecule has 0 unspecified atom stereocenters. The van der Waals surface area contributed by atoms with Crippen molar-refractivity contribution in [1.29, 1.82) is 0 Å². The van der Waals surface area contributed by atoms with Gasteiger partial charge in [-0.15, -0.1) is 0 Å². The highest BCUT2D eigenvalue weighted by Gasteiger charge is 2.19. The normalized spacial score (nSPS) is 13.0. The summed E-state index contributed by atoms with van der Waals surface area (Å²) in [6, 6.07) is 19.2. The van der Waals surface area contributed by atoms with Gasteiger partial charge < -0.3 is 27.3 Å². The first-order valence-electron chi connectivity index (χ1n) is 9.02. The lowest BCUT2D eigenvalue weighted by Crippen LogP contribution is -2.37. The molecular weight excluding hydrogens is 340 g/mol. The van der Waals surface area contributed by atoms with E-state index in [0.29, 0.717) is 13.1 Å². The van der Waals surface area contributed by atoms with E-state index in [2.05, 4.69) is 5.32 Å². The lowest BCUT2D eigenvalue weighted by Gasteiger charge is -2.23. The van der Waals surface area contributed by atoms with Gasteiger partial charge in [0.1, 0.15) is 5.60 Å². The largest absolute Gasteiger partial charge is 0.444 e. The van der Waals surface area contributed by atoms with E-state index >= 15 is 0 Å². The van der Waals surface area contributed by atoms with Crippen LogP contribution in [0.1, 0.15) is 44.0 Å². The summed E-state index contributed by atoms with van der Waals surface area (Å²) < 4.78 is 5.19. The standard InChI is InChI=1S/C13H20N2O2.C8H12N2/c1-13(2,3)17-12(16)15-11(9-14)10-7-5-4-6-8-10;9-6-8(10)7-4-2-1-3-5-7/h4-8,11H,9,14H2,1-3H3,(H,15,16);1-5,8H,6,9-10H2/t11-;8-/m01/s1. The average molecular weight is 373 g/mol. The second-order valence-electron chi connectivity index (χ2n) is 7.10. The highest BCUT2D eigenvalue weighted by molar-refractivity contribution is 5.68. The number of hydrogen-bond donors (Lipinski definition) is 4. The van der Waals surface area contributed by atoms with E-state index in [1.165, 1.54) is 0 Å². The van der Waals surface area contributed by atoms with Crippen LogP contribution >= 0.6 is 0 Å². The lowest BCUT2D eigenvalue weighted by atomic mass is 10.1. The minimum Gasteiger partial charge on any atom is -0.444 e. The van der Waals surface area contributed by atoms with Crippen LogP contribution in [0.3, 0.4) is 0 Å². The fraction of sp³-hybridized carbons (Fsp3) is 0.381. The van der Waals surface area contributed by atoms with Crippen LogP contribution in [0.5, 0.6) is 0 Å². The van der Waals surface area contributed by atoms with Crippen molar-refractivity contribution in [3.05, 3.63) is 71.8 Å². The fourth-order valence-electron chi connectivity index (χ4n) is 2.25. The lowest BCUT2D eigenvalue weighted by molar-refractivity contribution is 0.0505. The van der Waals surface area contributed by atoms with Crippen molar-refractivity contribution >= 4 is 6.09 Å². The average Bonchev–Trinajstić information content (AvgIpc) is 2.66. The minimum absolute atomic E-state index is 0.0128. The van der Waals surface area contributed by atoms with E-state index < -0.39 is 11.7 Å². The first-order chi connectivity index (χ1) is 12.8. The molecule has 27 heavy (non-hydrogen) atoms. The SMILES string of the molecule is CC(C)(C)OC(=O)N[C@@H](CN)c1ccccc1.NC[C@@H](N)c1ccccc1. The van der Waals surface area contributed by atoms with Crippen molar-refractivity contribution in [2.75, 3.05) is 13.1 Å². The Morgan fingerprint density at radius 3 is 1.81 bits per heavy atom. The van der Waals surface area contributed by atoms with E-state index in [-0.39, 0.29) is 12.1 Å². The maximum atomic E-state index is 11.6. The molecule has 7 N–H and O–H groups in total. The monoisotopic (exact) mass is 372 g/mol. The van der Waals surface area contributed by atoms with Crippen molar-refractivity contribution in [3.8, 4) is 0 Å². The molecule has 2 aromatic rings. The molecule has 0 bridgehead atoms. The molecule has 0 heterocycles. The minimum atomic E-state index is -0.500. The third-order valence-electron chi connectivity index (χ3n) is 3.61. The van der Waals surface area contributed by atoms with E-state index in [9.17, 15) is 4.79 Å². The zero-order chi connectivity index (χ0) is 20.3. The van der Waals surface area contributed by atoms with Gasteiger partial charge in [-0.25, -0.2) is 4.79 Å². The Balaban J connectivity index is 0.000000309. The smallest absolute Gasteiger partial charge is 0.408 e. The Morgan fingerprint density at radius 1 is 0.926 bits per heavy atom. The summed E-state index contributed by atoms with van der Waals surface area (Å²) in [5.41, 5.74) is 18.3. The molecule has 0 aromatic heterocycles. The third-order valence-corrected chi connectivity index (χ3v) is 3.61. The Labute approximate surface area is 162 Å². The van der Waals surface area contributed by atoms with Crippen molar-refractivity contribution in [1.82, 2.24) is 5.32 Å². The van der Waals surface area contributed by atoms with Crippen LogP contribution < -0.4 is 22.5 Å². The Bertz CT molecular complexity index is 657. The second-order valence-corrected chi connectivity index (χ2v) is 7.10. The number of hydrogen-bond acceptors (Lipinski definition) is 5. The Morgan fingerprint density at radius 2 is 1.41 bits per heavy atom. The first-order valence-corrected chi connectivity index (χ1v) is 9.02. The second kappa shape index (κ2) is 11.3. The predicted molar refractivity (Wildman–Crippen MR) is 110 cm³/mol. The number of alkyl carbamates (subject to hydrolysis) is 1. The molecule has 2 atom stereocenters. The van der Waals surface area contributed by atoms with Crippen molar-refractivity contribution < 1.29 is 9.53 Å². The molecule has 0 radical (unpaired) electrons. The molecular formula is C21H32N4O2. The molecule has 148 valence electrons. The summed E-state index contributed by atoms with van der Waals surface area (Å²) in [7, 11) is 0. The number of amides is 1. The molecule has 0 saturated heterocycles. The summed E-state index contributed by atoms with van der Waals surface area (Å²) in [6.07, 6.45) is -0.447. The Kier molecular flexibility index (Phi) is 9.50. The van der Waals surface area contributed by atoms with Gasteiger partial charge in [0.05, 0.1) is 6.04 Å². The van der Waals surface area contributed by atoms with Gasteiger partial charge in [0, 0.05) is 19.1 Å². The zero-order valence-electron chi connectivity index (χ0n) is 16.4. The number of rotatable bonds is 5. The number of nitrogens with one attached hydrogen (secondary N) is 1. The summed E-state index contributed by atoms with van der Waals surface area (Å²) in [6.45, 7) is 6.32. The van der Waals surface area contributed by atoms with Gasteiger partial charge in [-0.1, -0.05) is 60.7 Å². The Hall–Kier alpha value is -2.41. The molecule has 2 aromatic carbocycles. The molecule has 0 saturated carbocycles. The predicted octanol–water partition coefficient (Wildman–Crippen LogP) is 2.86. The first kappa shape index (κ1) is 22.6. The number of carbonyl (C=O) groups excluding carboxylic acids is 1. The highest BCUT2D eigenvalue weighted by Crippen LogP contribution is 2.13. The molecule has 0 aliphatic heterocycles.